The van der Waals surface area contributed by atoms with E-state index in [0.717, 1.165) is 6.42 Å². The van der Waals surface area contributed by atoms with Crippen LogP contribution in [-0.2, 0) is 11.3 Å². The molecule has 1 aromatic carbocycles. The molecule has 0 spiro atoms. The number of nitrogens with zero attached hydrogens (tertiary/aromatic N) is 5. The van der Waals surface area contributed by atoms with Gasteiger partial charge in [0, 0.05) is 44.8 Å². The predicted octanol–water partition coefficient (Wildman–Crippen LogP) is 4.13. The third-order valence-electron chi connectivity index (χ3n) is 6.53. The molecule has 36 heavy (non-hydrogen) atoms. The van der Waals surface area contributed by atoms with Gasteiger partial charge in [-0.25, -0.2) is 4.39 Å². The van der Waals surface area contributed by atoms with E-state index in [0.29, 0.717) is 71.1 Å². The van der Waals surface area contributed by atoms with Crippen molar-refractivity contribution in [2.45, 2.75) is 33.7 Å². The summed E-state index contributed by atoms with van der Waals surface area (Å²) in [7, 11) is 0. The molecule has 0 bridgehead atoms. The maximum atomic E-state index is 14.4. The highest BCUT2D eigenvalue weighted by molar-refractivity contribution is 8.26. The molecule has 4 rings (SSSR count). The van der Waals surface area contributed by atoms with Crippen molar-refractivity contribution in [2.24, 2.45) is 0 Å². The zero-order valence-electron chi connectivity index (χ0n) is 20.6. The van der Waals surface area contributed by atoms with Crippen LogP contribution >= 0.6 is 24.0 Å². The molecule has 188 valence electrons. The second-order valence-electron chi connectivity index (χ2n) is 8.66. The monoisotopic (exact) mass is 525 g/mol. The number of thioether (sulfide) groups is 1. The number of pyridine rings is 1. The van der Waals surface area contributed by atoms with Gasteiger partial charge in [-0.15, -0.1) is 0 Å². The lowest BCUT2D eigenvalue weighted by Crippen LogP contribution is -2.49. The van der Waals surface area contributed by atoms with Crippen LogP contribution in [0.3, 0.4) is 0 Å². The molecule has 2 fully saturated rings. The molecule has 2 saturated heterocycles. The number of piperazine rings is 1. The van der Waals surface area contributed by atoms with E-state index in [4.69, 9.17) is 12.2 Å². The minimum absolute atomic E-state index is 0.0703. The maximum absolute atomic E-state index is 14.4. The molecular weight excluding hydrogens is 497 g/mol. The Hall–Kier alpha value is -3.16. The number of hydrogen-bond donors (Lipinski definition) is 0. The number of hydrogen-bond acceptors (Lipinski definition) is 7. The predicted molar refractivity (Wildman–Crippen MR) is 147 cm³/mol. The van der Waals surface area contributed by atoms with Gasteiger partial charge in [0.15, 0.2) is 0 Å². The highest BCUT2D eigenvalue weighted by Gasteiger charge is 2.33. The molecule has 7 nitrogen and oxygen atoms in total. The number of thiocarbonyl (C=S) groups is 1. The third kappa shape index (κ3) is 4.65. The van der Waals surface area contributed by atoms with Gasteiger partial charge in [-0.05, 0) is 44.0 Å². The Bertz CT molecular complexity index is 1340. The summed E-state index contributed by atoms with van der Waals surface area (Å²) < 4.78 is 16.5. The van der Waals surface area contributed by atoms with Crippen LogP contribution < -0.4 is 15.4 Å². The largest absolute Gasteiger partial charge is 0.366 e. The Labute approximate surface area is 219 Å². The van der Waals surface area contributed by atoms with Crippen molar-refractivity contribution in [3.05, 3.63) is 62.0 Å². The number of nitriles is 1. The molecule has 2 aliphatic heterocycles. The number of para-hydroxylation sites is 1. The minimum atomic E-state index is -0.347. The minimum Gasteiger partial charge on any atom is -0.366 e. The lowest BCUT2D eigenvalue weighted by molar-refractivity contribution is -0.122. The molecule has 1 amide bonds. The maximum Gasteiger partial charge on any atom is 0.270 e. The Morgan fingerprint density at radius 1 is 1.14 bits per heavy atom. The van der Waals surface area contributed by atoms with Gasteiger partial charge >= 0.3 is 0 Å². The number of halogens is 1. The van der Waals surface area contributed by atoms with Gasteiger partial charge < -0.3 is 9.80 Å². The Balaban J connectivity index is 1.77. The molecule has 1 aromatic heterocycles. The van der Waals surface area contributed by atoms with Gasteiger partial charge in [0.2, 0.25) is 0 Å². The summed E-state index contributed by atoms with van der Waals surface area (Å²) in [5, 5.41) is 9.76. The van der Waals surface area contributed by atoms with Gasteiger partial charge in [0.05, 0.1) is 10.6 Å². The molecule has 0 unspecified atom stereocenters. The molecule has 0 aliphatic carbocycles. The van der Waals surface area contributed by atoms with Crippen LogP contribution in [0.25, 0.3) is 6.08 Å². The summed E-state index contributed by atoms with van der Waals surface area (Å²) in [6.45, 7) is 8.75. The molecule has 3 heterocycles. The fourth-order valence-corrected chi connectivity index (χ4v) is 5.98. The number of carbonyl (C=O) groups is 1. The zero-order valence-corrected chi connectivity index (χ0v) is 22.2. The normalized spacial score (nSPS) is 17.3. The number of anilines is 2. The first-order valence-corrected chi connectivity index (χ1v) is 13.2. The van der Waals surface area contributed by atoms with Crippen LogP contribution in [0.15, 0.2) is 34.0 Å². The fraction of sp³-hybridized carbons (Fsp3) is 0.385. The first-order chi connectivity index (χ1) is 17.3. The van der Waals surface area contributed by atoms with Crippen molar-refractivity contribution in [3.8, 4) is 6.07 Å². The second kappa shape index (κ2) is 10.8. The number of aromatic nitrogens is 1. The van der Waals surface area contributed by atoms with Gasteiger partial charge in [-0.1, -0.05) is 43.0 Å². The van der Waals surface area contributed by atoms with Crippen molar-refractivity contribution < 1.29 is 9.18 Å². The van der Waals surface area contributed by atoms with E-state index in [1.807, 2.05) is 24.8 Å². The fourth-order valence-electron chi connectivity index (χ4n) is 4.69. The van der Waals surface area contributed by atoms with Crippen LogP contribution in [0.5, 0.6) is 0 Å². The summed E-state index contributed by atoms with van der Waals surface area (Å²) in [4.78, 5) is 32.5. The van der Waals surface area contributed by atoms with E-state index >= 15 is 0 Å². The van der Waals surface area contributed by atoms with Gasteiger partial charge in [-0.3, -0.25) is 19.1 Å². The molecule has 0 radical (unpaired) electrons. The smallest absolute Gasteiger partial charge is 0.270 e. The summed E-state index contributed by atoms with van der Waals surface area (Å²) >= 11 is 6.67. The quantitative estimate of drug-likeness (QED) is 0.415. The first-order valence-electron chi connectivity index (χ1n) is 12.0. The van der Waals surface area contributed by atoms with E-state index in [1.165, 1.54) is 17.8 Å². The molecular formula is C26H28FN5O2S2. The molecule has 10 heteroatoms. The first kappa shape index (κ1) is 25.9. The SMILES string of the molecule is CCCN1C(=O)/C(=C/c2c(C)c(C#N)c(=O)n(CC)c2N2CCN(c3ccccc3F)CC2)SC1=S. The Morgan fingerprint density at radius 2 is 1.81 bits per heavy atom. The molecule has 2 aliphatic rings. The number of amides is 1. The number of carbonyl (C=O) groups excluding carboxylic acids is 1. The van der Waals surface area contributed by atoms with E-state index in [1.54, 1.807) is 34.6 Å². The number of benzene rings is 1. The van der Waals surface area contributed by atoms with E-state index in [9.17, 15) is 19.2 Å². The molecule has 0 N–H and O–H groups in total. The van der Waals surface area contributed by atoms with Gasteiger partial charge in [0.1, 0.15) is 27.6 Å². The standard InChI is InChI=1S/C26H28FN5O2S2/c1-4-10-32-25(34)22(36-26(32)35)15-18-17(3)19(16-28)24(33)31(5-2)23(18)30-13-11-29(12-14-30)21-9-7-6-8-20(21)27/h6-9,15H,4-5,10-14H2,1-3H3/b22-15-. The van der Waals surface area contributed by atoms with E-state index < -0.39 is 0 Å². The highest BCUT2D eigenvalue weighted by atomic mass is 32.2. The van der Waals surface area contributed by atoms with Crippen LogP contribution in [0.2, 0.25) is 0 Å². The zero-order chi connectivity index (χ0) is 26.0. The third-order valence-corrected chi connectivity index (χ3v) is 7.91. The van der Waals surface area contributed by atoms with Crippen molar-refractivity contribution in [1.29, 1.82) is 5.26 Å². The van der Waals surface area contributed by atoms with E-state index in [-0.39, 0.29) is 22.8 Å². The van der Waals surface area contributed by atoms with Crippen molar-refractivity contribution in [2.75, 3.05) is 42.5 Å². The van der Waals surface area contributed by atoms with Crippen LogP contribution in [0.4, 0.5) is 15.9 Å². The van der Waals surface area contributed by atoms with Gasteiger partial charge in [-0.2, -0.15) is 5.26 Å². The lowest BCUT2D eigenvalue weighted by Gasteiger charge is -2.39. The highest BCUT2D eigenvalue weighted by Crippen LogP contribution is 2.36. The van der Waals surface area contributed by atoms with Crippen molar-refractivity contribution in [3.63, 3.8) is 0 Å². The summed E-state index contributed by atoms with van der Waals surface area (Å²) in [5.41, 5.74) is 1.49. The molecule has 0 atom stereocenters. The topological polar surface area (TPSA) is 72.6 Å². The van der Waals surface area contributed by atoms with Crippen LogP contribution in [0.1, 0.15) is 37.0 Å². The Morgan fingerprint density at radius 3 is 2.42 bits per heavy atom. The van der Waals surface area contributed by atoms with Crippen molar-refractivity contribution in [1.82, 2.24) is 9.47 Å². The van der Waals surface area contributed by atoms with E-state index in [2.05, 4.69) is 11.0 Å². The van der Waals surface area contributed by atoms with Gasteiger partial charge in [0.25, 0.3) is 11.5 Å². The average Bonchev–Trinajstić information content (AvgIpc) is 3.14. The summed E-state index contributed by atoms with van der Waals surface area (Å²) in [6, 6.07) is 8.76. The molecule has 0 saturated carbocycles. The van der Waals surface area contributed by atoms with Crippen LogP contribution in [0, 0.1) is 24.1 Å². The summed E-state index contributed by atoms with van der Waals surface area (Å²) in [5.74, 6) is 0.253. The van der Waals surface area contributed by atoms with Crippen LogP contribution in [-0.4, -0.2) is 52.4 Å². The summed E-state index contributed by atoms with van der Waals surface area (Å²) in [6.07, 6.45) is 2.56. The Kier molecular flexibility index (Phi) is 7.81. The average molecular weight is 526 g/mol. The second-order valence-corrected chi connectivity index (χ2v) is 10.3. The van der Waals surface area contributed by atoms with Crippen molar-refractivity contribution >= 4 is 51.8 Å². The lowest BCUT2D eigenvalue weighted by atomic mass is 10.0. The molecule has 2 aromatic rings. The number of rotatable bonds is 6.